The lowest BCUT2D eigenvalue weighted by Gasteiger charge is -2.38. The van der Waals surface area contributed by atoms with Crippen molar-refractivity contribution in [3.63, 3.8) is 0 Å². The van der Waals surface area contributed by atoms with Crippen molar-refractivity contribution in [3.05, 3.63) is 12.7 Å². The smallest absolute Gasteiger partial charge is 0.475 e. The van der Waals surface area contributed by atoms with Gasteiger partial charge in [-0.15, -0.1) is 0 Å². The summed E-state index contributed by atoms with van der Waals surface area (Å²) < 4.78 is 121. The molecule has 4 aliphatic heterocycles. The summed E-state index contributed by atoms with van der Waals surface area (Å²) in [5.74, 6) is 0.0608. The number of ether oxygens (including phenoxy) is 4. The first-order chi connectivity index (χ1) is 27.6. The van der Waals surface area contributed by atoms with E-state index in [4.69, 9.17) is 57.6 Å². The first kappa shape index (κ1) is 39.7. The number of nitrogen functional groups attached to an aromatic ring is 2. The molecular formula is C32H42F2N10O12P2. The molecule has 1 saturated carbocycles. The van der Waals surface area contributed by atoms with Crippen molar-refractivity contribution in [2.24, 2.45) is 0 Å². The van der Waals surface area contributed by atoms with Crippen LogP contribution in [0, 0.1) is 0 Å². The highest BCUT2D eigenvalue weighted by atomic mass is 31.2. The number of fused-ring (bicyclic) bond motifs is 4. The molecule has 0 aromatic carbocycles. The van der Waals surface area contributed by atoms with Crippen LogP contribution in [0.5, 0.6) is 11.8 Å². The molecule has 316 valence electrons. The third-order valence-electron chi connectivity index (χ3n) is 10.7. The minimum Gasteiger partial charge on any atom is -0.476 e. The monoisotopic (exact) mass is 858 g/mol. The number of phosphoric acid groups is 2. The van der Waals surface area contributed by atoms with E-state index in [9.17, 15) is 9.13 Å². The van der Waals surface area contributed by atoms with E-state index in [1.807, 2.05) is 0 Å². The van der Waals surface area contributed by atoms with Crippen molar-refractivity contribution in [3.8, 4) is 11.8 Å². The summed E-state index contributed by atoms with van der Waals surface area (Å²) in [7, 11) is -8.59. The molecule has 9 rings (SSSR count). The number of anilines is 2. The number of hydrogen-bond acceptors (Lipinski definition) is 20. The van der Waals surface area contributed by atoms with Gasteiger partial charge in [-0.25, -0.2) is 27.9 Å². The van der Waals surface area contributed by atoms with Gasteiger partial charge < -0.3 is 30.4 Å². The molecule has 0 radical (unpaired) electrons. The molecule has 0 amide bonds. The molecular weight excluding hydrogens is 816 g/mol. The third kappa shape index (κ3) is 6.80. The van der Waals surface area contributed by atoms with E-state index in [1.165, 1.54) is 35.6 Å². The molecule has 22 nitrogen and oxygen atoms in total. The van der Waals surface area contributed by atoms with Crippen molar-refractivity contribution >= 4 is 49.9 Å². The van der Waals surface area contributed by atoms with E-state index >= 15 is 8.78 Å². The molecule has 4 N–H and O–H groups in total. The van der Waals surface area contributed by atoms with E-state index in [2.05, 4.69) is 29.9 Å². The zero-order chi connectivity index (χ0) is 40.8. The van der Waals surface area contributed by atoms with Crippen LogP contribution in [0.2, 0.25) is 0 Å². The van der Waals surface area contributed by atoms with Crippen LogP contribution in [0.3, 0.4) is 0 Å². The first-order valence-electron chi connectivity index (χ1n) is 18.8. The summed E-state index contributed by atoms with van der Waals surface area (Å²) >= 11 is 0. The minimum absolute atomic E-state index is 0.106. The highest BCUT2D eigenvalue weighted by Crippen LogP contribution is 2.63. The van der Waals surface area contributed by atoms with Crippen molar-refractivity contribution in [2.75, 3.05) is 37.9 Å². The Morgan fingerprint density at radius 3 is 1.50 bits per heavy atom. The quantitative estimate of drug-likeness (QED) is 0.211. The summed E-state index contributed by atoms with van der Waals surface area (Å²) in [6.07, 6.45) is -4.77. The van der Waals surface area contributed by atoms with Crippen LogP contribution >= 0.6 is 15.6 Å². The van der Waals surface area contributed by atoms with Gasteiger partial charge in [-0.1, -0.05) is 0 Å². The van der Waals surface area contributed by atoms with Gasteiger partial charge in [-0.3, -0.25) is 36.3 Å². The van der Waals surface area contributed by atoms with Crippen molar-refractivity contribution in [2.45, 2.75) is 114 Å². The largest absolute Gasteiger partial charge is 0.476 e. The number of imidazole rings is 2. The Balaban J connectivity index is 0.817. The average molecular weight is 859 g/mol. The fourth-order valence-electron chi connectivity index (χ4n) is 8.04. The van der Waals surface area contributed by atoms with Crippen molar-refractivity contribution < 1.29 is 64.0 Å². The summed E-state index contributed by atoms with van der Waals surface area (Å²) in [4.78, 5) is 25.2. The Labute approximate surface area is 328 Å². The number of phosphoric ester groups is 2. The lowest BCUT2D eigenvalue weighted by Crippen LogP contribution is -2.45. The molecule has 5 fully saturated rings. The first-order valence-corrected chi connectivity index (χ1v) is 21.7. The highest BCUT2D eigenvalue weighted by molar-refractivity contribution is 7.48. The van der Waals surface area contributed by atoms with Crippen molar-refractivity contribution in [1.82, 2.24) is 39.0 Å². The highest BCUT2D eigenvalue weighted by Gasteiger charge is 2.63. The van der Waals surface area contributed by atoms with Crippen LogP contribution in [-0.4, -0.2) is 113 Å². The molecule has 4 aromatic heterocycles. The molecule has 2 unspecified atom stereocenters. The predicted octanol–water partition coefficient (Wildman–Crippen LogP) is 4.27. The minimum atomic E-state index is -4.29. The standard InChI is InChI=1S/C32H42F2N10O12P2/c1-5-47-25-19-23(39-29(35)41-25)43(13-37-19)27-31(3,33)21-17(51-27)11-49-57(45,55-21)53-15-7-9-16(10-8-15)54-58(46)50-12-18-22(56-58)32(4,34)28(52-18)44-14-38-20-24(44)40-30(36)42-26(20)48-6-2/h13-18,21-22,27-28H,5-12H2,1-4H3,(H2,35,39,41)(H2,36,40,42)/t15?,16?,17-,18-,21-,22-,27-,28-,31-,32-,57?,58?/m1/s1. The molecule has 10 atom stereocenters. The lowest BCUT2D eigenvalue weighted by molar-refractivity contribution is -0.0839. The second kappa shape index (κ2) is 14.5. The van der Waals surface area contributed by atoms with E-state index in [-0.39, 0.29) is 98.1 Å². The number of halogens is 2. The van der Waals surface area contributed by atoms with Crippen LogP contribution in [0.25, 0.3) is 22.3 Å². The number of hydrogen-bond donors (Lipinski definition) is 2. The Kier molecular flexibility index (Phi) is 9.93. The van der Waals surface area contributed by atoms with E-state index in [0.29, 0.717) is 0 Å². The summed E-state index contributed by atoms with van der Waals surface area (Å²) in [6, 6.07) is 0. The third-order valence-corrected chi connectivity index (χ3v) is 13.7. The number of aromatic nitrogens is 8. The van der Waals surface area contributed by atoms with Crippen LogP contribution in [0.4, 0.5) is 20.7 Å². The molecule has 4 aromatic rings. The second-order valence-corrected chi connectivity index (χ2v) is 17.9. The SMILES string of the molecule is CCOc1nc(N)nc2c1ncn2[C@@H]1O[C@@H]2COP(=O)(OC3CCC(OP4(=O)OC[C@H]5O[C@@H](n6cnc7c(OCC)nc(N)nc76)[C@](C)(F)[C@@H]5O4)CC3)O[C@H]2[C@@]1(C)F. The van der Waals surface area contributed by atoms with Gasteiger partial charge in [0.1, 0.15) is 24.4 Å². The second-order valence-electron chi connectivity index (χ2n) is 14.8. The molecule has 5 aliphatic rings. The molecule has 1 aliphatic carbocycles. The molecule has 0 spiro atoms. The van der Waals surface area contributed by atoms with E-state index < -0.39 is 76.1 Å². The number of nitrogens with two attached hydrogens (primary N) is 2. The Morgan fingerprint density at radius 2 is 1.12 bits per heavy atom. The molecule has 4 saturated heterocycles. The van der Waals surface area contributed by atoms with Gasteiger partial charge in [-0.2, -0.15) is 19.9 Å². The Bertz CT molecular complexity index is 2150. The molecule has 26 heteroatoms. The van der Waals surface area contributed by atoms with Gasteiger partial charge in [-0.05, 0) is 53.4 Å². The number of alkyl halides is 2. The van der Waals surface area contributed by atoms with Gasteiger partial charge in [0, 0.05) is 0 Å². The zero-order valence-corrected chi connectivity index (χ0v) is 33.5. The predicted molar refractivity (Wildman–Crippen MR) is 194 cm³/mol. The van der Waals surface area contributed by atoms with Gasteiger partial charge in [0.05, 0.1) is 51.3 Å². The van der Waals surface area contributed by atoms with Gasteiger partial charge in [0.25, 0.3) is 0 Å². The number of rotatable bonds is 10. The maximum Gasteiger partial charge on any atom is 0.475 e. The lowest BCUT2D eigenvalue weighted by atomic mass is 9.95. The van der Waals surface area contributed by atoms with Crippen LogP contribution in [-0.2, 0) is 45.7 Å². The Hall–Kier alpha value is -3.70. The summed E-state index contributed by atoms with van der Waals surface area (Å²) in [5.41, 5.74) is 8.13. The number of nitrogens with zero attached hydrogens (tertiary/aromatic N) is 8. The topological polar surface area (TPSA) is 266 Å². The zero-order valence-electron chi connectivity index (χ0n) is 31.7. The van der Waals surface area contributed by atoms with Gasteiger partial charge >= 0.3 is 15.6 Å². The fraction of sp³-hybridized carbons (Fsp3) is 0.688. The normalized spacial score (nSPS) is 38.9. The fourth-order valence-corrected chi connectivity index (χ4v) is 11.4. The maximum atomic E-state index is 16.7. The van der Waals surface area contributed by atoms with E-state index in [0.717, 1.165) is 0 Å². The van der Waals surface area contributed by atoms with Crippen molar-refractivity contribution in [1.29, 1.82) is 0 Å². The molecule has 58 heavy (non-hydrogen) atoms. The van der Waals surface area contributed by atoms with Crippen LogP contribution < -0.4 is 20.9 Å². The van der Waals surface area contributed by atoms with Gasteiger partial charge in [0.15, 0.2) is 46.1 Å². The molecule has 0 bridgehead atoms. The van der Waals surface area contributed by atoms with E-state index in [1.54, 1.807) is 13.8 Å². The maximum absolute atomic E-state index is 16.7. The van der Waals surface area contributed by atoms with Gasteiger partial charge in [0.2, 0.25) is 23.7 Å². The van der Waals surface area contributed by atoms with Crippen LogP contribution in [0.1, 0.15) is 65.8 Å². The average Bonchev–Trinajstić information content (AvgIpc) is 3.90. The summed E-state index contributed by atoms with van der Waals surface area (Å²) in [5, 5.41) is 0. The summed E-state index contributed by atoms with van der Waals surface area (Å²) in [6.45, 7) is 6.06. The molecule has 8 heterocycles. The Morgan fingerprint density at radius 1 is 0.724 bits per heavy atom. The van der Waals surface area contributed by atoms with Crippen LogP contribution in [0.15, 0.2) is 12.7 Å².